The van der Waals surface area contributed by atoms with Gasteiger partial charge in [-0.25, -0.2) is 0 Å². The fourth-order valence-corrected chi connectivity index (χ4v) is 2.72. The molecular weight excluding hydrogens is 312 g/mol. The van der Waals surface area contributed by atoms with Gasteiger partial charge in [-0.2, -0.15) is 0 Å². The molecule has 0 radical (unpaired) electrons. The van der Waals surface area contributed by atoms with Crippen LogP contribution in [0.2, 0.25) is 0 Å². The monoisotopic (exact) mass is 346 g/mol. The SMILES string of the molecule is CCC[C@H](C)NC(=O)[C@@H](NC(=O)c1ccc(C(C)(C)C)cc1)C(C)C. The minimum absolute atomic E-state index is 0.0200. The highest BCUT2D eigenvalue weighted by atomic mass is 16.2. The number of rotatable bonds is 7. The topological polar surface area (TPSA) is 58.2 Å². The first-order chi connectivity index (χ1) is 11.6. The Morgan fingerprint density at radius 3 is 2.00 bits per heavy atom. The van der Waals surface area contributed by atoms with E-state index in [1.165, 1.54) is 5.56 Å². The van der Waals surface area contributed by atoms with Crippen molar-refractivity contribution in [1.29, 1.82) is 0 Å². The van der Waals surface area contributed by atoms with Gasteiger partial charge in [0.1, 0.15) is 6.04 Å². The molecule has 140 valence electrons. The molecule has 0 aliphatic rings. The van der Waals surface area contributed by atoms with Gasteiger partial charge in [0.05, 0.1) is 0 Å². The summed E-state index contributed by atoms with van der Waals surface area (Å²) in [5.74, 6) is -0.306. The second-order valence-electron chi connectivity index (χ2n) is 8.22. The van der Waals surface area contributed by atoms with Crippen molar-refractivity contribution in [1.82, 2.24) is 10.6 Å². The van der Waals surface area contributed by atoms with Gasteiger partial charge in [0.25, 0.3) is 5.91 Å². The highest BCUT2D eigenvalue weighted by Crippen LogP contribution is 2.22. The molecule has 0 spiro atoms. The fourth-order valence-electron chi connectivity index (χ4n) is 2.72. The Bertz CT molecular complexity index is 571. The summed E-state index contributed by atoms with van der Waals surface area (Å²) in [5.41, 5.74) is 1.80. The summed E-state index contributed by atoms with van der Waals surface area (Å²) in [5, 5.41) is 5.88. The molecule has 2 amide bonds. The number of amides is 2. The van der Waals surface area contributed by atoms with Gasteiger partial charge in [0.15, 0.2) is 0 Å². The van der Waals surface area contributed by atoms with Crippen LogP contribution in [0.4, 0.5) is 0 Å². The van der Waals surface area contributed by atoms with E-state index in [1.54, 1.807) is 0 Å². The molecule has 2 N–H and O–H groups in total. The summed E-state index contributed by atoms with van der Waals surface area (Å²) in [6.45, 7) is 14.4. The number of hydrogen-bond acceptors (Lipinski definition) is 2. The van der Waals surface area contributed by atoms with Gasteiger partial charge < -0.3 is 10.6 Å². The van der Waals surface area contributed by atoms with E-state index in [2.05, 4.69) is 38.3 Å². The minimum Gasteiger partial charge on any atom is -0.352 e. The van der Waals surface area contributed by atoms with E-state index in [-0.39, 0.29) is 29.2 Å². The van der Waals surface area contributed by atoms with Gasteiger partial charge in [-0.3, -0.25) is 9.59 Å². The molecule has 0 saturated carbocycles. The van der Waals surface area contributed by atoms with Crippen LogP contribution in [0.15, 0.2) is 24.3 Å². The van der Waals surface area contributed by atoms with Crippen molar-refractivity contribution in [3.63, 3.8) is 0 Å². The predicted octanol–water partition coefficient (Wildman–Crippen LogP) is 4.04. The lowest BCUT2D eigenvalue weighted by atomic mass is 9.86. The third-order valence-corrected chi connectivity index (χ3v) is 4.36. The average molecular weight is 347 g/mol. The van der Waals surface area contributed by atoms with Crippen LogP contribution in [0, 0.1) is 5.92 Å². The summed E-state index contributed by atoms with van der Waals surface area (Å²) in [7, 11) is 0. The second kappa shape index (κ2) is 9.02. The van der Waals surface area contributed by atoms with Crippen molar-refractivity contribution in [2.75, 3.05) is 0 Å². The van der Waals surface area contributed by atoms with Gasteiger partial charge >= 0.3 is 0 Å². The van der Waals surface area contributed by atoms with Crippen LogP contribution in [0.3, 0.4) is 0 Å². The van der Waals surface area contributed by atoms with Crippen molar-refractivity contribution < 1.29 is 9.59 Å². The van der Waals surface area contributed by atoms with E-state index in [0.29, 0.717) is 5.56 Å². The van der Waals surface area contributed by atoms with Crippen LogP contribution < -0.4 is 10.6 Å². The van der Waals surface area contributed by atoms with Crippen molar-refractivity contribution in [3.05, 3.63) is 35.4 Å². The van der Waals surface area contributed by atoms with Gasteiger partial charge in [-0.15, -0.1) is 0 Å². The molecule has 0 aromatic heterocycles. The Labute approximate surface area is 152 Å². The van der Waals surface area contributed by atoms with E-state index in [4.69, 9.17) is 0 Å². The highest BCUT2D eigenvalue weighted by molar-refractivity contribution is 5.97. The summed E-state index contributed by atoms with van der Waals surface area (Å²) < 4.78 is 0. The summed E-state index contributed by atoms with van der Waals surface area (Å²) in [6, 6.07) is 7.18. The number of nitrogens with one attached hydrogen (secondary N) is 2. The number of hydrogen-bond donors (Lipinski definition) is 2. The van der Waals surface area contributed by atoms with Crippen LogP contribution in [0.1, 0.15) is 77.2 Å². The lowest BCUT2D eigenvalue weighted by Gasteiger charge is -2.24. The normalized spacial score (nSPS) is 14.1. The maximum Gasteiger partial charge on any atom is 0.251 e. The summed E-state index contributed by atoms with van der Waals surface area (Å²) in [4.78, 5) is 25.0. The van der Waals surface area contributed by atoms with E-state index in [9.17, 15) is 9.59 Å². The van der Waals surface area contributed by atoms with Crippen molar-refractivity contribution >= 4 is 11.8 Å². The molecule has 4 nitrogen and oxygen atoms in total. The van der Waals surface area contributed by atoms with E-state index in [0.717, 1.165) is 12.8 Å². The Balaban J connectivity index is 2.81. The predicted molar refractivity (Wildman–Crippen MR) is 104 cm³/mol. The van der Waals surface area contributed by atoms with E-state index < -0.39 is 6.04 Å². The van der Waals surface area contributed by atoms with Gasteiger partial charge in [-0.1, -0.05) is 60.1 Å². The van der Waals surface area contributed by atoms with E-state index in [1.807, 2.05) is 45.0 Å². The Morgan fingerprint density at radius 1 is 1.00 bits per heavy atom. The highest BCUT2D eigenvalue weighted by Gasteiger charge is 2.25. The molecule has 0 heterocycles. The first-order valence-corrected chi connectivity index (χ1v) is 9.28. The zero-order valence-corrected chi connectivity index (χ0v) is 16.8. The minimum atomic E-state index is -0.533. The first kappa shape index (κ1) is 21.2. The van der Waals surface area contributed by atoms with Gasteiger partial charge in [0, 0.05) is 11.6 Å². The Hall–Kier alpha value is -1.84. The summed E-state index contributed by atoms with van der Waals surface area (Å²) in [6.07, 6.45) is 1.94. The zero-order chi connectivity index (χ0) is 19.2. The molecule has 0 aliphatic heterocycles. The molecule has 1 aromatic carbocycles. The fraction of sp³-hybridized carbons (Fsp3) is 0.619. The third kappa shape index (κ3) is 6.52. The molecule has 1 rings (SSSR count). The van der Waals surface area contributed by atoms with Gasteiger partial charge in [-0.05, 0) is 42.4 Å². The van der Waals surface area contributed by atoms with Crippen LogP contribution >= 0.6 is 0 Å². The van der Waals surface area contributed by atoms with Gasteiger partial charge in [0.2, 0.25) is 5.91 Å². The number of carbonyl (C=O) groups is 2. The van der Waals surface area contributed by atoms with Crippen LogP contribution in [-0.2, 0) is 10.2 Å². The zero-order valence-electron chi connectivity index (χ0n) is 16.8. The number of carbonyl (C=O) groups excluding carboxylic acids is 2. The molecule has 25 heavy (non-hydrogen) atoms. The maximum atomic E-state index is 12.5. The maximum absolute atomic E-state index is 12.5. The van der Waals surface area contributed by atoms with Crippen LogP contribution in [-0.4, -0.2) is 23.9 Å². The smallest absolute Gasteiger partial charge is 0.251 e. The summed E-state index contributed by atoms with van der Waals surface area (Å²) >= 11 is 0. The lowest BCUT2D eigenvalue weighted by Crippen LogP contribution is -2.51. The lowest BCUT2D eigenvalue weighted by molar-refractivity contribution is -0.124. The van der Waals surface area contributed by atoms with Crippen molar-refractivity contribution in [3.8, 4) is 0 Å². The Morgan fingerprint density at radius 2 is 1.56 bits per heavy atom. The number of benzene rings is 1. The standard InChI is InChI=1S/C21H34N2O2/c1-8-9-15(4)22-20(25)18(14(2)3)23-19(24)16-10-12-17(13-11-16)21(5,6)7/h10-15,18H,8-9H2,1-7H3,(H,22,25)(H,23,24)/t15-,18-/m0/s1. The molecule has 2 atom stereocenters. The molecule has 0 bridgehead atoms. The molecule has 0 unspecified atom stereocenters. The average Bonchev–Trinajstić information content (AvgIpc) is 2.51. The molecule has 0 fully saturated rings. The molecule has 0 aliphatic carbocycles. The van der Waals surface area contributed by atoms with Crippen molar-refractivity contribution in [2.24, 2.45) is 5.92 Å². The molecule has 4 heteroatoms. The molecular formula is C21H34N2O2. The quantitative estimate of drug-likeness (QED) is 0.783. The van der Waals surface area contributed by atoms with E-state index >= 15 is 0 Å². The third-order valence-electron chi connectivity index (χ3n) is 4.36. The Kier molecular flexibility index (Phi) is 7.65. The largest absolute Gasteiger partial charge is 0.352 e. The van der Waals surface area contributed by atoms with Crippen molar-refractivity contribution in [2.45, 2.75) is 78.8 Å². The van der Waals surface area contributed by atoms with Crippen LogP contribution in [0.25, 0.3) is 0 Å². The molecule has 1 aromatic rings. The first-order valence-electron chi connectivity index (χ1n) is 9.28. The van der Waals surface area contributed by atoms with Crippen LogP contribution in [0.5, 0.6) is 0 Å². The molecule has 0 saturated heterocycles. The second-order valence-corrected chi connectivity index (χ2v) is 8.22.